The molecule has 2 fully saturated rings. The number of carboxylic acid groups (broad SMARTS) is 1. The SMILES string of the molecule is CC1CC(C)C(C)N(C(=O)NCC2CCCC2C(=O)O)C1. The van der Waals surface area contributed by atoms with Crippen LogP contribution < -0.4 is 5.32 Å². The van der Waals surface area contributed by atoms with Crippen molar-refractivity contribution in [2.24, 2.45) is 23.7 Å². The summed E-state index contributed by atoms with van der Waals surface area (Å²) in [7, 11) is 0. The van der Waals surface area contributed by atoms with E-state index in [9.17, 15) is 14.7 Å². The number of nitrogens with one attached hydrogen (secondary N) is 1. The van der Waals surface area contributed by atoms with Gasteiger partial charge < -0.3 is 15.3 Å². The van der Waals surface area contributed by atoms with Crippen LogP contribution in [0.25, 0.3) is 0 Å². The van der Waals surface area contributed by atoms with Crippen molar-refractivity contribution in [3.05, 3.63) is 0 Å². The number of aliphatic carboxylic acids is 1. The minimum absolute atomic E-state index is 0.0306. The van der Waals surface area contributed by atoms with Crippen LogP contribution in [-0.2, 0) is 4.79 Å². The standard InChI is InChI=1S/C16H28N2O3/c1-10-7-11(2)12(3)18(9-10)16(21)17-8-13-5-4-6-14(13)15(19)20/h10-14H,4-9H2,1-3H3,(H,17,21)(H,19,20). The van der Waals surface area contributed by atoms with E-state index in [1.807, 2.05) is 4.90 Å². The zero-order valence-electron chi connectivity index (χ0n) is 13.3. The third-order valence-corrected chi connectivity index (χ3v) is 5.35. The predicted molar refractivity (Wildman–Crippen MR) is 81.0 cm³/mol. The van der Waals surface area contributed by atoms with E-state index < -0.39 is 5.97 Å². The smallest absolute Gasteiger partial charge is 0.317 e. The summed E-state index contributed by atoms with van der Waals surface area (Å²) in [6, 6.07) is 0.219. The normalized spacial score (nSPS) is 36.5. The molecule has 0 aromatic heterocycles. The minimum atomic E-state index is -0.722. The molecule has 5 nitrogen and oxygen atoms in total. The van der Waals surface area contributed by atoms with Crippen molar-refractivity contribution in [3.63, 3.8) is 0 Å². The van der Waals surface area contributed by atoms with Crippen LogP contribution in [0, 0.1) is 23.7 Å². The molecule has 2 N–H and O–H groups in total. The van der Waals surface area contributed by atoms with Crippen LogP contribution in [0.2, 0.25) is 0 Å². The maximum Gasteiger partial charge on any atom is 0.317 e. The molecular weight excluding hydrogens is 268 g/mol. The first-order valence-corrected chi connectivity index (χ1v) is 8.17. The fourth-order valence-corrected chi connectivity index (χ4v) is 3.91. The average Bonchev–Trinajstić information content (AvgIpc) is 2.88. The Kier molecular flexibility index (Phi) is 5.12. The van der Waals surface area contributed by atoms with Crippen molar-refractivity contribution in [1.82, 2.24) is 10.2 Å². The number of likely N-dealkylation sites (tertiary alicyclic amines) is 1. The molecule has 2 amide bonds. The number of carbonyl (C=O) groups excluding carboxylic acids is 1. The minimum Gasteiger partial charge on any atom is -0.481 e. The Morgan fingerprint density at radius 2 is 1.95 bits per heavy atom. The third-order valence-electron chi connectivity index (χ3n) is 5.35. The summed E-state index contributed by atoms with van der Waals surface area (Å²) in [5.74, 6) is 0.113. The lowest BCUT2D eigenvalue weighted by atomic mass is 9.86. The molecule has 21 heavy (non-hydrogen) atoms. The van der Waals surface area contributed by atoms with Crippen LogP contribution in [0.5, 0.6) is 0 Å². The van der Waals surface area contributed by atoms with Crippen molar-refractivity contribution in [2.45, 2.75) is 52.5 Å². The Bertz CT molecular complexity index is 399. The molecule has 2 aliphatic rings. The van der Waals surface area contributed by atoms with Crippen LogP contribution in [-0.4, -0.2) is 41.1 Å². The van der Waals surface area contributed by atoms with E-state index in [-0.39, 0.29) is 23.9 Å². The highest BCUT2D eigenvalue weighted by atomic mass is 16.4. The summed E-state index contributed by atoms with van der Waals surface area (Å²) in [5.41, 5.74) is 0. The second-order valence-corrected chi connectivity index (χ2v) is 7.03. The lowest BCUT2D eigenvalue weighted by Gasteiger charge is -2.41. The van der Waals surface area contributed by atoms with Gasteiger partial charge in [-0.05, 0) is 43.9 Å². The monoisotopic (exact) mass is 296 g/mol. The first-order valence-electron chi connectivity index (χ1n) is 8.17. The van der Waals surface area contributed by atoms with Gasteiger partial charge in [-0.25, -0.2) is 4.79 Å². The summed E-state index contributed by atoms with van der Waals surface area (Å²) >= 11 is 0. The lowest BCUT2D eigenvalue weighted by molar-refractivity contribution is -0.142. The van der Waals surface area contributed by atoms with Crippen molar-refractivity contribution >= 4 is 12.0 Å². The van der Waals surface area contributed by atoms with Crippen molar-refractivity contribution in [1.29, 1.82) is 0 Å². The number of hydrogen-bond acceptors (Lipinski definition) is 2. The highest BCUT2D eigenvalue weighted by Gasteiger charge is 2.35. The van der Waals surface area contributed by atoms with Gasteiger partial charge in [0.15, 0.2) is 0 Å². The number of carboxylic acids is 1. The molecule has 1 aliphatic carbocycles. The summed E-state index contributed by atoms with van der Waals surface area (Å²) in [5, 5.41) is 12.2. The average molecular weight is 296 g/mol. The summed E-state index contributed by atoms with van der Waals surface area (Å²) in [4.78, 5) is 25.5. The van der Waals surface area contributed by atoms with Gasteiger partial charge in [0.2, 0.25) is 0 Å². The van der Waals surface area contributed by atoms with Gasteiger partial charge in [0.25, 0.3) is 0 Å². The zero-order valence-corrected chi connectivity index (χ0v) is 13.3. The molecule has 1 heterocycles. The Hall–Kier alpha value is -1.26. The van der Waals surface area contributed by atoms with E-state index in [4.69, 9.17) is 0 Å². The fourth-order valence-electron chi connectivity index (χ4n) is 3.91. The number of rotatable bonds is 3. The Morgan fingerprint density at radius 3 is 2.62 bits per heavy atom. The van der Waals surface area contributed by atoms with Gasteiger partial charge in [-0.1, -0.05) is 20.3 Å². The number of urea groups is 1. The van der Waals surface area contributed by atoms with E-state index >= 15 is 0 Å². The lowest BCUT2D eigenvalue weighted by Crippen LogP contribution is -2.53. The highest BCUT2D eigenvalue weighted by molar-refractivity contribution is 5.75. The molecule has 5 heteroatoms. The Balaban J connectivity index is 1.88. The molecule has 0 bridgehead atoms. The number of hydrogen-bond donors (Lipinski definition) is 2. The molecule has 0 aromatic rings. The molecule has 2 rings (SSSR count). The Morgan fingerprint density at radius 1 is 1.24 bits per heavy atom. The van der Waals surface area contributed by atoms with Gasteiger partial charge in [0.1, 0.15) is 0 Å². The summed E-state index contributed by atoms with van der Waals surface area (Å²) < 4.78 is 0. The van der Waals surface area contributed by atoms with Crippen LogP contribution >= 0.6 is 0 Å². The quantitative estimate of drug-likeness (QED) is 0.841. The second-order valence-electron chi connectivity index (χ2n) is 7.03. The zero-order chi connectivity index (χ0) is 15.6. The van der Waals surface area contributed by atoms with Crippen LogP contribution in [0.3, 0.4) is 0 Å². The Labute approximate surface area is 127 Å². The highest BCUT2D eigenvalue weighted by Crippen LogP contribution is 2.31. The first-order chi connectivity index (χ1) is 9.90. The van der Waals surface area contributed by atoms with Crippen LogP contribution in [0.1, 0.15) is 46.5 Å². The summed E-state index contributed by atoms with van der Waals surface area (Å²) in [6.45, 7) is 7.76. The molecule has 120 valence electrons. The van der Waals surface area contributed by atoms with E-state index in [1.165, 1.54) is 0 Å². The molecule has 1 aliphatic heterocycles. The van der Waals surface area contributed by atoms with Crippen LogP contribution in [0.15, 0.2) is 0 Å². The van der Waals surface area contributed by atoms with Gasteiger partial charge in [-0.3, -0.25) is 4.79 Å². The molecule has 1 saturated heterocycles. The fraction of sp³-hybridized carbons (Fsp3) is 0.875. The van der Waals surface area contributed by atoms with E-state index in [0.29, 0.717) is 18.4 Å². The van der Waals surface area contributed by atoms with E-state index in [2.05, 4.69) is 26.1 Å². The number of piperidine rings is 1. The van der Waals surface area contributed by atoms with Gasteiger partial charge >= 0.3 is 12.0 Å². The molecule has 0 radical (unpaired) electrons. The molecule has 5 atom stereocenters. The first kappa shape index (κ1) is 16.1. The molecule has 0 spiro atoms. The summed E-state index contributed by atoms with van der Waals surface area (Å²) in [6.07, 6.45) is 3.75. The van der Waals surface area contributed by atoms with Gasteiger partial charge in [-0.2, -0.15) is 0 Å². The topological polar surface area (TPSA) is 69.6 Å². The number of nitrogens with zero attached hydrogens (tertiary/aromatic N) is 1. The van der Waals surface area contributed by atoms with Crippen molar-refractivity contribution in [3.8, 4) is 0 Å². The maximum atomic E-state index is 12.4. The molecule has 1 saturated carbocycles. The van der Waals surface area contributed by atoms with E-state index in [0.717, 1.165) is 32.2 Å². The predicted octanol–water partition coefficient (Wildman–Crippen LogP) is 2.56. The van der Waals surface area contributed by atoms with Crippen molar-refractivity contribution in [2.75, 3.05) is 13.1 Å². The molecule has 5 unspecified atom stereocenters. The van der Waals surface area contributed by atoms with Crippen molar-refractivity contribution < 1.29 is 14.7 Å². The molecular formula is C16H28N2O3. The second kappa shape index (κ2) is 6.67. The van der Waals surface area contributed by atoms with Gasteiger partial charge in [0, 0.05) is 19.1 Å². The largest absolute Gasteiger partial charge is 0.481 e. The van der Waals surface area contributed by atoms with E-state index in [1.54, 1.807) is 0 Å². The third kappa shape index (κ3) is 3.69. The maximum absolute atomic E-state index is 12.4. The molecule has 0 aromatic carbocycles. The van der Waals surface area contributed by atoms with Crippen LogP contribution in [0.4, 0.5) is 4.79 Å². The number of amides is 2. The van der Waals surface area contributed by atoms with Gasteiger partial charge in [-0.15, -0.1) is 0 Å². The van der Waals surface area contributed by atoms with Gasteiger partial charge in [0.05, 0.1) is 5.92 Å². The number of carbonyl (C=O) groups is 2.